The molecule has 0 bridgehead atoms. The van der Waals surface area contributed by atoms with Crippen LogP contribution in [0.25, 0.3) is 5.69 Å². The predicted octanol–water partition coefficient (Wildman–Crippen LogP) is 1.93. The molecule has 2 aromatic carbocycles. The first kappa shape index (κ1) is 14.7. The number of ketones is 1. The molecule has 1 aromatic heterocycles. The number of ether oxygens (including phenoxy) is 2. The molecule has 0 atom stereocenters. The van der Waals surface area contributed by atoms with Crippen LogP contribution in [0.4, 0.5) is 0 Å². The molecule has 3 rings (SSSR count). The maximum Gasteiger partial charge on any atom is 0.200 e. The van der Waals surface area contributed by atoms with Gasteiger partial charge >= 0.3 is 0 Å². The third-order valence-corrected chi connectivity index (χ3v) is 3.21. The lowest BCUT2D eigenvalue weighted by atomic mass is 10.1. The molecule has 0 unspecified atom stereocenters. The van der Waals surface area contributed by atoms with Gasteiger partial charge in [-0.2, -0.15) is 0 Å². The maximum atomic E-state index is 12.1. The highest BCUT2D eigenvalue weighted by Gasteiger charge is 2.08. The zero-order valence-corrected chi connectivity index (χ0v) is 12.4. The summed E-state index contributed by atoms with van der Waals surface area (Å²) < 4.78 is 12.1. The minimum atomic E-state index is -0.111. The molecule has 0 fully saturated rings. The van der Waals surface area contributed by atoms with Gasteiger partial charge in [0.2, 0.25) is 0 Å². The number of nitrogens with zero attached hydrogens (tertiary/aromatic N) is 4. The first-order valence-corrected chi connectivity index (χ1v) is 6.90. The van der Waals surface area contributed by atoms with Crippen LogP contribution in [0.3, 0.4) is 0 Å². The maximum absolute atomic E-state index is 12.1. The van der Waals surface area contributed by atoms with Crippen molar-refractivity contribution in [2.24, 2.45) is 0 Å². The molecule has 0 amide bonds. The number of benzene rings is 2. The predicted molar refractivity (Wildman–Crippen MR) is 82.0 cm³/mol. The second-order valence-electron chi connectivity index (χ2n) is 4.69. The van der Waals surface area contributed by atoms with Crippen LogP contribution in [-0.4, -0.2) is 39.7 Å². The van der Waals surface area contributed by atoms with E-state index in [4.69, 9.17) is 9.47 Å². The monoisotopic (exact) mass is 310 g/mol. The van der Waals surface area contributed by atoms with Gasteiger partial charge < -0.3 is 9.47 Å². The van der Waals surface area contributed by atoms with E-state index in [-0.39, 0.29) is 12.4 Å². The molecule has 1 heterocycles. The number of methoxy groups -OCH3 is 1. The third-order valence-electron chi connectivity index (χ3n) is 3.21. The number of tetrazole rings is 1. The molecule has 3 aromatic rings. The van der Waals surface area contributed by atoms with E-state index < -0.39 is 0 Å². The Labute approximate surface area is 132 Å². The number of aromatic nitrogens is 4. The zero-order valence-electron chi connectivity index (χ0n) is 12.4. The molecule has 0 N–H and O–H groups in total. The molecular weight excluding hydrogens is 296 g/mol. The Bertz CT molecular complexity index is 785. The molecular formula is C16H14N4O3. The summed E-state index contributed by atoms with van der Waals surface area (Å²) in [6, 6.07) is 14.1. The molecule has 0 saturated carbocycles. The summed E-state index contributed by atoms with van der Waals surface area (Å²) in [5.74, 6) is 1.16. The van der Waals surface area contributed by atoms with Crippen LogP contribution in [0.1, 0.15) is 10.4 Å². The highest BCUT2D eigenvalue weighted by Crippen LogP contribution is 2.17. The molecule has 23 heavy (non-hydrogen) atoms. The van der Waals surface area contributed by atoms with E-state index in [9.17, 15) is 4.79 Å². The van der Waals surface area contributed by atoms with Gasteiger partial charge in [-0.05, 0) is 46.8 Å². The second kappa shape index (κ2) is 6.69. The van der Waals surface area contributed by atoms with Crippen molar-refractivity contribution in [3.05, 3.63) is 60.4 Å². The van der Waals surface area contributed by atoms with Gasteiger partial charge in [-0.15, -0.1) is 5.10 Å². The van der Waals surface area contributed by atoms with Crippen molar-refractivity contribution in [3.63, 3.8) is 0 Å². The van der Waals surface area contributed by atoms with Gasteiger partial charge in [-0.25, -0.2) is 4.68 Å². The van der Waals surface area contributed by atoms with E-state index in [1.165, 1.54) is 11.0 Å². The fraction of sp³-hybridized carbons (Fsp3) is 0.125. The summed E-state index contributed by atoms with van der Waals surface area (Å²) in [4.78, 5) is 12.1. The van der Waals surface area contributed by atoms with Crippen LogP contribution in [0.2, 0.25) is 0 Å². The van der Waals surface area contributed by atoms with E-state index in [1.807, 2.05) is 12.1 Å². The van der Waals surface area contributed by atoms with Gasteiger partial charge in [0.15, 0.2) is 12.4 Å². The third kappa shape index (κ3) is 3.52. The smallest absolute Gasteiger partial charge is 0.200 e. The molecule has 0 aliphatic heterocycles. The van der Waals surface area contributed by atoms with Crippen LogP contribution < -0.4 is 9.47 Å². The van der Waals surface area contributed by atoms with Crippen LogP contribution in [0, 0.1) is 0 Å². The van der Waals surface area contributed by atoms with Crippen LogP contribution in [0.15, 0.2) is 54.9 Å². The first-order chi connectivity index (χ1) is 11.3. The van der Waals surface area contributed by atoms with E-state index in [0.717, 1.165) is 5.69 Å². The van der Waals surface area contributed by atoms with Crippen molar-refractivity contribution in [2.75, 3.05) is 13.7 Å². The van der Waals surface area contributed by atoms with Crippen LogP contribution >= 0.6 is 0 Å². The number of Topliss-reactive ketones (excluding diaryl/α,β-unsaturated/α-hetero) is 1. The molecule has 7 nitrogen and oxygen atoms in total. The molecule has 0 spiro atoms. The number of carbonyl (C=O) groups is 1. The van der Waals surface area contributed by atoms with Gasteiger partial charge in [0.25, 0.3) is 0 Å². The number of hydrogen-bond donors (Lipinski definition) is 0. The topological polar surface area (TPSA) is 79.1 Å². The highest BCUT2D eigenvalue weighted by atomic mass is 16.5. The Hall–Kier alpha value is -3.22. The number of carbonyl (C=O) groups excluding carboxylic acids is 1. The average molecular weight is 310 g/mol. The van der Waals surface area contributed by atoms with E-state index in [2.05, 4.69) is 15.5 Å². The van der Waals surface area contributed by atoms with Crippen molar-refractivity contribution >= 4 is 5.78 Å². The molecule has 0 saturated heterocycles. The molecule has 116 valence electrons. The van der Waals surface area contributed by atoms with Crippen molar-refractivity contribution in [2.45, 2.75) is 0 Å². The lowest BCUT2D eigenvalue weighted by Crippen LogP contribution is -2.11. The Balaban J connectivity index is 1.65. The summed E-state index contributed by atoms with van der Waals surface area (Å²) in [5, 5.41) is 11.0. The van der Waals surface area contributed by atoms with E-state index in [0.29, 0.717) is 17.1 Å². The molecule has 0 aliphatic rings. The number of hydrogen-bond acceptors (Lipinski definition) is 6. The summed E-state index contributed by atoms with van der Waals surface area (Å²) >= 11 is 0. The van der Waals surface area contributed by atoms with Gasteiger partial charge in [-0.3, -0.25) is 4.79 Å². The summed E-state index contributed by atoms with van der Waals surface area (Å²) in [6.45, 7) is -0.0502. The SMILES string of the molecule is COc1ccc(C(=O)COc2cccc(-n3cnnn3)c2)cc1. The Morgan fingerprint density at radius 2 is 1.96 bits per heavy atom. The molecule has 7 heteroatoms. The quantitative estimate of drug-likeness (QED) is 0.647. The lowest BCUT2D eigenvalue weighted by Gasteiger charge is -2.07. The fourth-order valence-electron chi connectivity index (χ4n) is 2.00. The average Bonchev–Trinajstić information content (AvgIpc) is 3.15. The molecule has 0 aliphatic carbocycles. The van der Waals surface area contributed by atoms with Crippen molar-refractivity contribution in [3.8, 4) is 17.2 Å². The van der Waals surface area contributed by atoms with Crippen molar-refractivity contribution < 1.29 is 14.3 Å². The summed E-state index contributed by atoms with van der Waals surface area (Å²) in [7, 11) is 1.58. The second-order valence-corrected chi connectivity index (χ2v) is 4.69. The van der Waals surface area contributed by atoms with Gasteiger partial charge in [0.05, 0.1) is 12.8 Å². The van der Waals surface area contributed by atoms with Gasteiger partial charge in [-0.1, -0.05) is 6.07 Å². The molecule has 0 radical (unpaired) electrons. The van der Waals surface area contributed by atoms with Crippen molar-refractivity contribution in [1.29, 1.82) is 0 Å². The fourth-order valence-corrected chi connectivity index (χ4v) is 2.00. The minimum absolute atomic E-state index is 0.0502. The Morgan fingerprint density at radius 3 is 2.65 bits per heavy atom. The normalized spacial score (nSPS) is 10.3. The first-order valence-electron chi connectivity index (χ1n) is 6.90. The largest absolute Gasteiger partial charge is 0.497 e. The van der Waals surface area contributed by atoms with Crippen LogP contribution in [-0.2, 0) is 0 Å². The Kier molecular flexibility index (Phi) is 4.28. The Morgan fingerprint density at radius 1 is 1.13 bits per heavy atom. The highest BCUT2D eigenvalue weighted by molar-refractivity contribution is 5.97. The standard InChI is InChI=1S/C16H14N4O3/c1-22-14-7-5-12(6-8-14)16(21)10-23-15-4-2-3-13(9-15)20-11-17-18-19-20/h2-9,11H,10H2,1H3. The van der Waals surface area contributed by atoms with Crippen LogP contribution in [0.5, 0.6) is 11.5 Å². The number of rotatable bonds is 6. The van der Waals surface area contributed by atoms with E-state index in [1.54, 1.807) is 43.5 Å². The summed E-state index contributed by atoms with van der Waals surface area (Å²) in [5.41, 5.74) is 1.33. The zero-order chi connectivity index (χ0) is 16.1. The minimum Gasteiger partial charge on any atom is -0.497 e. The summed E-state index contributed by atoms with van der Waals surface area (Å²) in [6.07, 6.45) is 1.49. The van der Waals surface area contributed by atoms with Crippen molar-refractivity contribution in [1.82, 2.24) is 20.2 Å². The van der Waals surface area contributed by atoms with E-state index >= 15 is 0 Å². The lowest BCUT2D eigenvalue weighted by molar-refractivity contribution is 0.0921. The van der Waals surface area contributed by atoms with Gasteiger partial charge in [0, 0.05) is 11.6 Å². The van der Waals surface area contributed by atoms with Gasteiger partial charge in [0.1, 0.15) is 17.8 Å².